The van der Waals surface area contributed by atoms with Crippen LogP contribution in [0.1, 0.15) is 37.0 Å². The molecule has 2 aromatic rings. The summed E-state index contributed by atoms with van der Waals surface area (Å²) in [6, 6.07) is 14.5. The van der Waals surface area contributed by atoms with Gasteiger partial charge in [-0.1, -0.05) is 6.07 Å². The maximum atomic E-state index is 12.4. The van der Waals surface area contributed by atoms with Crippen molar-refractivity contribution in [2.45, 2.75) is 38.9 Å². The van der Waals surface area contributed by atoms with Crippen molar-refractivity contribution < 1.29 is 19.0 Å². The van der Waals surface area contributed by atoms with Gasteiger partial charge in [0.25, 0.3) is 5.91 Å². The van der Waals surface area contributed by atoms with Crippen LogP contribution in [0.5, 0.6) is 11.5 Å². The molecule has 5 nitrogen and oxygen atoms in total. The van der Waals surface area contributed by atoms with Gasteiger partial charge in [-0.25, -0.2) is 0 Å². The van der Waals surface area contributed by atoms with E-state index in [0.717, 1.165) is 30.9 Å². The molecule has 1 amide bonds. The van der Waals surface area contributed by atoms with Crippen LogP contribution in [-0.2, 0) is 4.74 Å². The molecule has 0 radical (unpaired) electrons. The van der Waals surface area contributed by atoms with Gasteiger partial charge in [-0.3, -0.25) is 4.79 Å². The molecule has 1 N–H and O–H groups in total. The van der Waals surface area contributed by atoms with E-state index in [1.54, 1.807) is 24.3 Å². The van der Waals surface area contributed by atoms with Crippen LogP contribution in [0.2, 0.25) is 0 Å². The second kappa shape index (κ2) is 8.72. The SMILES string of the molecule is CC(C)Oc1ccc(C(=O)Nc2cccc(OCC3CCCO3)c2)cc1. The number of hydrogen-bond acceptors (Lipinski definition) is 4. The van der Waals surface area contributed by atoms with E-state index in [-0.39, 0.29) is 18.1 Å². The zero-order chi connectivity index (χ0) is 18.4. The van der Waals surface area contributed by atoms with Crippen LogP contribution in [0, 0.1) is 0 Å². The molecule has 1 saturated heterocycles. The number of anilines is 1. The zero-order valence-electron chi connectivity index (χ0n) is 15.2. The van der Waals surface area contributed by atoms with Crippen molar-refractivity contribution in [1.82, 2.24) is 0 Å². The summed E-state index contributed by atoms with van der Waals surface area (Å²) in [4.78, 5) is 12.4. The summed E-state index contributed by atoms with van der Waals surface area (Å²) in [6.45, 7) is 5.28. The fraction of sp³-hybridized carbons (Fsp3) is 0.381. The van der Waals surface area contributed by atoms with E-state index in [0.29, 0.717) is 17.9 Å². The Morgan fingerprint density at radius 1 is 1.19 bits per heavy atom. The average molecular weight is 355 g/mol. The second-order valence-corrected chi connectivity index (χ2v) is 6.62. The average Bonchev–Trinajstić information content (AvgIpc) is 3.14. The first kappa shape index (κ1) is 18.3. The lowest BCUT2D eigenvalue weighted by atomic mass is 10.2. The molecule has 26 heavy (non-hydrogen) atoms. The summed E-state index contributed by atoms with van der Waals surface area (Å²) in [7, 11) is 0. The molecule has 1 aliphatic rings. The molecule has 1 unspecified atom stereocenters. The van der Waals surface area contributed by atoms with Crippen molar-refractivity contribution in [3.63, 3.8) is 0 Å². The van der Waals surface area contributed by atoms with Gasteiger partial charge in [0.05, 0.1) is 12.2 Å². The van der Waals surface area contributed by atoms with Crippen LogP contribution in [0.3, 0.4) is 0 Å². The third-order valence-corrected chi connectivity index (χ3v) is 4.04. The van der Waals surface area contributed by atoms with Crippen LogP contribution >= 0.6 is 0 Å². The number of ether oxygens (including phenoxy) is 3. The van der Waals surface area contributed by atoms with Crippen molar-refractivity contribution in [2.24, 2.45) is 0 Å². The Bertz CT molecular complexity index is 721. The predicted molar refractivity (Wildman–Crippen MR) is 101 cm³/mol. The number of rotatable bonds is 7. The van der Waals surface area contributed by atoms with Crippen molar-refractivity contribution in [1.29, 1.82) is 0 Å². The molecule has 1 atom stereocenters. The highest BCUT2D eigenvalue weighted by molar-refractivity contribution is 6.04. The maximum absolute atomic E-state index is 12.4. The molecule has 0 aromatic heterocycles. The fourth-order valence-corrected chi connectivity index (χ4v) is 2.79. The van der Waals surface area contributed by atoms with Gasteiger partial charge in [0.2, 0.25) is 0 Å². The summed E-state index contributed by atoms with van der Waals surface area (Å²) in [5, 5.41) is 2.90. The largest absolute Gasteiger partial charge is 0.491 e. The highest BCUT2D eigenvalue weighted by Gasteiger charge is 2.16. The van der Waals surface area contributed by atoms with E-state index >= 15 is 0 Å². The molecular formula is C21H25NO4. The molecule has 1 heterocycles. The predicted octanol–water partition coefficient (Wildman–Crippen LogP) is 4.28. The van der Waals surface area contributed by atoms with Crippen molar-refractivity contribution >= 4 is 11.6 Å². The second-order valence-electron chi connectivity index (χ2n) is 6.62. The standard InChI is InChI=1S/C21H25NO4/c1-15(2)26-18-10-8-16(9-11-18)21(23)22-17-5-3-6-19(13-17)25-14-20-7-4-12-24-20/h3,5-6,8-11,13,15,20H,4,7,12,14H2,1-2H3,(H,22,23). The number of benzene rings is 2. The van der Waals surface area contributed by atoms with Crippen molar-refractivity contribution in [3.8, 4) is 11.5 Å². The zero-order valence-corrected chi connectivity index (χ0v) is 15.2. The Balaban J connectivity index is 1.57. The van der Waals surface area contributed by atoms with Gasteiger partial charge in [-0.05, 0) is 63.1 Å². The molecule has 1 aliphatic heterocycles. The molecule has 0 saturated carbocycles. The Hall–Kier alpha value is -2.53. The molecule has 2 aromatic carbocycles. The van der Waals surface area contributed by atoms with E-state index in [2.05, 4.69) is 5.32 Å². The van der Waals surface area contributed by atoms with E-state index < -0.39 is 0 Å². The van der Waals surface area contributed by atoms with Crippen LogP contribution < -0.4 is 14.8 Å². The monoisotopic (exact) mass is 355 g/mol. The van der Waals surface area contributed by atoms with Crippen molar-refractivity contribution in [3.05, 3.63) is 54.1 Å². The molecule has 0 aliphatic carbocycles. The van der Waals surface area contributed by atoms with Gasteiger partial charge in [-0.15, -0.1) is 0 Å². The maximum Gasteiger partial charge on any atom is 0.255 e. The molecule has 1 fully saturated rings. The minimum Gasteiger partial charge on any atom is -0.491 e. The third kappa shape index (κ3) is 5.23. The van der Waals surface area contributed by atoms with Crippen LogP contribution in [0.15, 0.2) is 48.5 Å². The summed E-state index contributed by atoms with van der Waals surface area (Å²) >= 11 is 0. The highest BCUT2D eigenvalue weighted by Crippen LogP contribution is 2.21. The quantitative estimate of drug-likeness (QED) is 0.805. The Labute approximate surface area is 154 Å². The lowest BCUT2D eigenvalue weighted by molar-refractivity contribution is 0.0680. The normalized spacial score (nSPS) is 16.5. The number of nitrogens with one attached hydrogen (secondary N) is 1. The molecule has 138 valence electrons. The Kier molecular flexibility index (Phi) is 6.12. The summed E-state index contributed by atoms with van der Waals surface area (Å²) in [5.74, 6) is 1.30. The minimum atomic E-state index is -0.169. The highest BCUT2D eigenvalue weighted by atomic mass is 16.5. The molecule has 0 bridgehead atoms. The van der Waals surface area contributed by atoms with Gasteiger partial charge in [0, 0.05) is 23.9 Å². The first-order chi connectivity index (χ1) is 12.6. The van der Waals surface area contributed by atoms with Gasteiger partial charge in [0.15, 0.2) is 0 Å². The third-order valence-electron chi connectivity index (χ3n) is 4.04. The number of carbonyl (C=O) groups is 1. The summed E-state index contributed by atoms with van der Waals surface area (Å²) in [5.41, 5.74) is 1.27. The summed E-state index contributed by atoms with van der Waals surface area (Å²) in [6.07, 6.45) is 2.39. The Morgan fingerprint density at radius 3 is 2.69 bits per heavy atom. The number of carbonyl (C=O) groups excluding carboxylic acids is 1. The minimum absolute atomic E-state index is 0.104. The smallest absolute Gasteiger partial charge is 0.255 e. The molecule has 5 heteroatoms. The van der Waals surface area contributed by atoms with E-state index in [4.69, 9.17) is 14.2 Å². The van der Waals surface area contributed by atoms with Gasteiger partial charge < -0.3 is 19.5 Å². The lowest BCUT2D eigenvalue weighted by Crippen LogP contribution is -2.16. The topological polar surface area (TPSA) is 56.8 Å². The first-order valence-electron chi connectivity index (χ1n) is 9.03. The van der Waals surface area contributed by atoms with E-state index in [1.807, 2.05) is 38.1 Å². The Morgan fingerprint density at radius 2 is 2.00 bits per heavy atom. The van der Waals surface area contributed by atoms with Gasteiger partial charge >= 0.3 is 0 Å². The van der Waals surface area contributed by atoms with E-state index in [9.17, 15) is 4.79 Å². The van der Waals surface area contributed by atoms with Crippen LogP contribution in [0.4, 0.5) is 5.69 Å². The van der Waals surface area contributed by atoms with Crippen molar-refractivity contribution in [2.75, 3.05) is 18.5 Å². The number of hydrogen-bond donors (Lipinski definition) is 1. The number of amides is 1. The molecule has 0 spiro atoms. The lowest BCUT2D eigenvalue weighted by Gasteiger charge is -2.13. The van der Waals surface area contributed by atoms with Gasteiger partial charge in [0.1, 0.15) is 18.1 Å². The molecule has 3 rings (SSSR count). The molecular weight excluding hydrogens is 330 g/mol. The first-order valence-corrected chi connectivity index (χ1v) is 9.03. The fourth-order valence-electron chi connectivity index (χ4n) is 2.79. The summed E-state index contributed by atoms with van der Waals surface area (Å²) < 4.78 is 16.9. The van der Waals surface area contributed by atoms with E-state index in [1.165, 1.54) is 0 Å². The van der Waals surface area contributed by atoms with Crippen LogP contribution in [-0.4, -0.2) is 31.3 Å². The van der Waals surface area contributed by atoms with Crippen LogP contribution in [0.25, 0.3) is 0 Å². The van der Waals surface area contributed by atoms with Gasteiger partial charge in [-0.2, -0.15) is 0 Å².